The Labute approximate surface area is 173 Å². The zero-order chi connectivity index (χ0) is 21.5. The van der Waals surface area contributed by atoms with E-state index in [0.29, 0.717) is 5.56 Å². The third-order valence-corrected chi connectivity index (χ3v) is 4.43. The number of hydrogen-bond donors (Lipinski definition) is 0. The number of carbonyl (C=O) groups excluding carboxylic acids is 1. The van der Waals surface area contributed by atoms with Gasteiger partial charge in [-0.15, -0.1) is 0 Å². The molecule has 0 amide bonds. The minimum atomic E-state index is -1.17. The van der Waals surface area contributed by atoms with Crippen LogP contribution in [0.1, 0.15) is 28.4 Å². The van der Waals surface area contributed by atoms with Gasteiger partial charge in [-0.25, -0.2) is 9.18 Å². The van der Waals surface area contributed by atoms with Crippen LogP contribution in [0.4, 0.5) is 4.39 Å². The molecule has 0 bridgehead atoms. The van der Waals surface area contributed by atoms with E-state index in [-0.39, 0.29) is 23.7 Å². The molecule has 3 rings (SSSR count). The fourth-order valence-electron chi connectivity index (χ4n) is 2.84. The molecule has 0 saturated heterocycles. The third-order valence-electron chi connectivity index (χ3n) is 4.43. The van der Waals surface area contributed by atoms with Crippen LogP contribution in [0.5, 0.6) is 11.5 Å². The first-order valence-electron chi connectivity index (χ1n) is 9.09. The number of aryl methyl sites for hydroxylation is 1. The molecule has 7 heteroatoms. The number of rotatable bonds is 7. The summed E-state index contributed by atoms with van der Waals surface area (Å²) >= 11 is 0. The topological polar surface area (TPSA) is 81.4 Å². The lowest BCUT2D eigenvalue weighted by Crippen LogP contribution is -2.21. The van der Waals surface area contributed by atoms with E-state index in [0.717, 1.165) is 17.2 Å². The van der Waals surface area contributed by atoms with Crippen molar-refractivity contribution < 1.29 is 23.4 Å². The smallest absolute Gasteiger partial charge is 0.351 e. The Balaban J connectivity index is 1.94. The molecule has 0 saturated carbocycles. The molecule has 1 heterocycles. The highest BCUT2D eigenvalue weighted by atomic mass is 19.1. The van der Waals surface area contributed by atoms with Crippen molar-refractivity contribution in [2.24, 2.45) is 0 Å². The Kier molecular flexibility index (Phi) is 6.60. The van der Waals surface area contributed by atoms with Gasteiger partial charge in [0.05, 0.1) is 7.11 Å². The Bertz CT molecular complexity index is 1080. The molecule has 0 N–H and O–H groups in total. The molecule has 0 spiro atoms. The van der Waals surface area contributed by atoms with Gasteiger partial charge in [-0.3, -0.25) is 4.98 Å². The van der Waals surface area contributed by atoms with E-state index in [2.05, 4.69) is 4.98 Å². The molecule has 30 heavy (non-hydrogen) atoms. The number of aromatic nitrogens is 1. The van der Waals surface area contributed by atoms with Gasteiger partial charge < -0.3 is 14.2 Å². The normalized spacial score (nSPS) is 11.3. The highest BCUT2D eigenvalue weighted by Gasteiger charge is 2.27. The van der Waals surface area contributed by atoms with Gasteiger partial charge in [0, 0.05) is 30.1 Å². The SMILES string of the molecule is COC(=O)C(Oc1cc(OCc2ccncc2)cc(F)c1C#N)c1ccccc1C. The van der Waals surface area contributed by atoms with Crippen LogP contribution in [-0.4, -0.2) is 18.1 Å². The van der Waals surface area contributed by atoms with Crippen molar-refractivity contribution in [3.63, 3.8) is 0 Å². The maximum Gasteiger partial charge on any atom is 0.351 e. The van der Waals surface area contributed by atoms with E-state index < -0.39 is 17.9 Å². The second-order valence-electron chi connectivity index (χ2n) is 6.41. The number of carbonyl (C=O) groups is 1. The first-order valence-corrected chi connectivity index (χ1v) is 9.09. The van der Waals surface area contributed by atoms with Crippen molar-refractivity contribution in [2.45, 2.75) is 19.6 Å². The standard InChI is InChI=1S/C23H19FN2O4/c1-15-5-3-4-6-18(15)22(23(27)28-2)30-21-12-17(11-20(24)19(21)13-25)29-14-16-7-9-26-10-8-16/h3-12,22H,14H2,1-2H3. The quantitative estimate of drug-likeness (QED) is 0.545. The van der Waals surface area contributed by atoms with Crippen LogP contribution in [-0.2, 0) is 16.1 Å². The first-order chi connectivity index (χ1) is 14.5. The number of nitrogens with zero attached hydrogens (tertiary/aromatic N) is 2. The average Bonchev–Trinajstić information content (AvgIpc) is 2.76. The van der Waals surface area contributed by atoms with Crippen molar-refractivity contribution in [1.29, 1.82) is 5.26 Å². The summed E-state index contributed by atoms with van der Waals surface area (Å²) < 4.78 is 30.8. The van der Waals surface area contributed by atoms with Gasteiger partial charge in [0.1, 0.15) is 35.6 Å². The maximum absolute atomic E-state index is 14.5. The van der Waals surface area contributed by atoms with E-state index in [1.165, 1.54) is 13.2 Å². The molecule has 0 radical (unpaired) electrons. The van der Waals surface area contributed by atoms with Gasteiger partial charge in [0.15, 0.2) is 0 Å². The number of benzene rings is 2. The van der Waals surface area contributed by atoms with Gasteiger partial charge in [0.2, 0.25) is 6.10 Å². The molecular formula is C23H19FN2O4. The Morgan fingerprint density at radius 1 is 1.20 bits per heavy atom. The predicted molar refractivity (Wildman–Crippen MR) is 106 cm³/mol. The molecule has 0 fully saturated rings. The number of halogens is 1. The van der Waals surface area contributed by atoms with Gasteiger partial charge in [0.25, 0.3) is 0 Å². The molecule has 6 nitrogen and oxygen atoms in total. The Morgan fingerprint density at radius 2 is 1.93 bits per heavy atom. The van der Waals surface area contributed by atoms with Crippen molar-refractivity contribution in [2.75, 3.05) is 7.11 Å². The van der Waals surface area contributed by atoms with Gasteiger partial charge in [-0.1, -0.05) is 24.3 Å². The second-order valence-corrected chi connectivity index (χ2v) is 6.41. The highest BCUT2D eigenvalue weighted by molar-refractivity contribution is 5.77. The molecule has 0 aliphatic carbocycles. The van der Waals surface area contributed by atoms with Crippen molar-refractivity contribution in [3.8, 4) is 17.6 Å². The number of hydrogen-bond acceptors (Lipinski definition) is 6. The van der Waals surface area contributed by atoms with Crippen LogP contribution < -0.4 is 9.47 Å². The zero-order valence-electron chi connectivity index (χ0n) is 16.5. The summed E-state index contributed by atoms with van der Waals surface area (Å²) in [5, 5.41) is 9.40. The van der Waals surface area contributed by atoms with Crippen LogP contribution in [0.15, 0.2) is 60.9 Å². The molecule has 1 aromatic heterocycles. The van der Waals surface area contributed by atoms with Gasteiger partial charge in [-0.05, 0) is 30.2 Å². The van der Waals surface area contributed by atoms with Crippen molar-refractivity contribution >= 4 is 5.97 Å². The largest absolute Gasteiger partial charge is 0.489 e. The number of ether oxygens (including phenoxy) is 3. The fourth-order valence-corrected chi connectivity index (χ4v) is 2.84. The predicted octanol–water partition coefficient (Wildman–Crippen LogP) is 4.27. The lowest BCUT2D eigenvalue weighted by atomic mass is 10.0. The van der Waals surface area contributed by atoms with Crippen molar-refractivity contribution in [1.82, 2.24) is 4.98 Å². The Hall–Kier alpha value is -3.92. The minimum Gasteiger partial charge on any atom is -0.489 e. The fraction of sp³-hybridized carbons (Fsp3) is 0.174. The van der Waals surface area contributed by atoms with Crippen LogP contribution in [0.3, 0.4) is 0 Å². The Morgan fingerprint density at radius 3 is 2.60 bits per heavy atom. The summed E-state index contributed by atoms with van der Waals surface area (Å²) in [6.45, 7) is 1.99. The number of nitriles is 1. The summed E-state index contributed by atoms with van der Waals surface area (Å²) in [6, 6.07) is 14.9. The third kappa shape index (κ3) is 4.73. The molecule has 0 aliphatic rings. The minimum absolute atomic E-state index is 0.110. The molecule has 3 aromatic rings. The summed E-state index contributed by atoms with van der Waals surface area (Å²) in [6.07, 6.45) is 2.07. The van der Waals surface area contributed by atoms with Crippen LogP contribution in [0.25, 0.3) is 0 Å². The van der Waals surface area contributed by atoms with Crippen LogP contribution in [0, 0.1) is 24.1 Å². The van der Waals surface area contributed by atoms with Gasteiger partial charge in [-0.2, -0.15) is 5.26 Å². The number of methoxy groups -OCH3 is 1. The monoisotopic (exact) mass is 406 g/mol. The zero-order valence-corrected chi connectivity index (χ0v) is 16.5. The molecule has 2 aromatic carbocycles. The molecular weight excluding hydrogens is 387 g/mol. The van der Waals surface area contributed by atoms with E-state index in [1.54, 1.807) is 42.7 Å². The number of esters is 1. The second kappa shape index (κ2) is 9.52. The maximum atomic E-state index is 14.5. The van der Waals surface area contributed by atoms with Crippen LogP contribution in [0.2, 0.25) is 0 Å². The van der Waals surface area contributed by atoms with E-state index in [1.807, 2.05) is 19.1 Å². The lowest BCUT2D eigenvalue weighted by Gasteiger charge is -2.20. The molecule has 152 valence electrons. The van der Waals surface area contributed by atoms with Crippen molar-refractivity contribution in [3.05, 3.63) is 89.0 Å². The first kappa shape index (κ1) is 20.8. The molecule has 1 unspecified atom stereocenters. The summed E-state index contributed by atoms with van der Waals surface area (Å²) in [5.41, 5.74) is 1.85. The number of pyridine rings is 1. The molecule has 1 atom stereocenters. The van der Waals surface area contributed by atoms with E-state index in [4.69, 9.17) is 14.2 Å². The molecule has 0 aliphatic heterocycles. The van der Waals surface area contributed by atoms with Crippen LogP contribution >= 0.6 is 0 Å². The van der Waals surface area contributed by atoms with Gasteiger partial charge >= 0.3 is 5.97 Å². The summed E-state index contributed by atoms with van der Waals surface area (Å²) in [7, 11) is 1.23. The summed E-state index contributed by atoms with van der Waals surface area (Å²) in [4.78, 5) is 16.3. The lowest BCUT2D eigenvalue weighted by molar-refractivity contribution is -0.149. The summed E-state index contributed by atoms with van der Waals surface area (Å²) in [5.74, 6) is -1.43. The van der Waals surface area contributed by atoms with E-state index in [9.17, 15) is 14.4 Å². The average molecular weight is 406 g/mol. The van der Waals surface area contributed by atoms with E-state index >= 15 is 0 Å². The highest BCUT2D eigenvalue weighted by Crippen LogP contribution is 2.33.